The van der Waals surface area contributed by atoms with Gasteiger partial charge in [0.25, 0.3) is 0 Å². The molecule has 1 heterocycles. The van der Waals surface area contributed by atoms with E-state index in [1.54, 1.807) is 11.9 Å². The number of aliphatic carboxylic acids is 1. The molecule has 0 aromatic carbocycles. The first-order chi connectivity index (χ1) is 7.97. The lowest BCUT2D eigenvalue weighted by Gasteiger charge is -2.35. The van der Waals surface area contributed by atoms with E-state index in [4.69, 9.17) is 9.84 Å². The van der Waals surface area contributed by atoms with Crippen LogP contribution < -0.4 is 0 Å². The molecule has 0 bridgehead atoms. The van der Waals surface area contributed by atoms with Crippen molar-refractivity contribution in [3.05, 3.63) is 0 Å². The van der Waals surface area contributed by atoms with Gasteiger partial charge in [-0.3, -0.25) is 0 Å². The molecule has 0 aromatic heterocycles. The number of carboxylic acid groups (broad SMARTS) is 1. The van der Waals surface area contributed by atoms with Crippen LogP contribution in [0.25, 0.3) is 0 Å². The third kappa shape index (κ3) is 3.33. The van der Waals surface area contributed by atoms with Crippen LogP contribution in [-0.4, -0.2) is 65.8 Å². The van der Waals surface area contributed by atoms with Crippen LogP contribution in [0.2, 0.25) is 0 Å². The number of hydrogen-bond donors (Lipinski definition) is 1. The topological polar surface area (TPSA) is 70.1 Å². The maximum Gasteiger partial charge on any atom is 0.334 e. The highest BCUT2D eigenvalue weighted by atomic mass is 16.5. The lowest BCUT2D eigenvalue weighted by atomic mass is 10.2. The highest BCUT2D eigenvalue weighted by Crippen LogP contribution is 2.10. The van der Waals surface area contributed by atoms with Crippen molar-refractivity contribution in [1.29, 1.82) is 0 Å². The Hall–Kier alpha value is -1.30. The van der Waals surface area contributed by atoms with Crippen LogP contribution in [0.4, 0.5) is 4.79 Å². The molecule has 0 aromatic rings. The summed E-state index contributed by atoms with van der Waals surface area (Å²) in [5, 5.41) is 8.86. The molecule has 6 nitrogen and oxygen atoms in total. The molecule has 1 N–H and O–H groups in total. The fourth-order valence-electron chi connectivity index (χ4n) is 1.66. The molecule has 6 heteroatoms. The molecule has 1 saturated heterocycles. The van der Waals surface area contributed by atoms with Gasteiger partial charge in [-0.2, -0.15) is 0 Å². The van der Waals surface area contributed by atoms with Crippen molar-refractivity contribution in [1.82, 2.24) is 9.80 Å². The fraction of sp³-hybridized carbons (Fsp3) is 0.818. The van der Waals surface area contributed by atoms with Crippen molar-refractivity contribution in [2.24, 2.45) is 0 Å². The number of morpholine rings is 1. The maximum absolute atomic E-state index is 12.1. The zero-order valence-corrected chi connectivity index (χ0v) is 10.5. The van der Waals surface area contributed by atoms with Crippen molar-refractivity contribution in [3.8, 4) is 0 Å². The Morgan fingerprint density at radius 2 is 2.24 bits per heavy atom. The van der Waals surface area contributed by atoms with E-state index in [9.17, 15) is 9.59 Å². The first-order valence-corrected chi connectivity index (χ1v) is 5.83. The number of ether oxygens (including phenoxy) is 1. The minimum atomic E-state index is -1.02. The Morgan fingerprint density at radius 1 is 1.59 bits per heavy atom. The predicted octanol–water partition coefficient (Wildman–Crippen LogP) is 0.622. The van der Waals surface area contributed by atoms with Crippen molar-refractivity contribution in [2.75, 3.05) is 26.7 Å². The number of carbonyl (C=O) groups excluding carboxylic acids is 1. The second kappa shape index (κ2) is 5.86. The van der Waals surface area contributed by atoms with E-state index in [2.05, 4.69) is 0 Å². The number of carboxylic acids is 1. The Balaban J connectivity index is 2.60. The molecule has 0 spiro atoms. The summed E-state index contributed by atoms with van der Waals surface area (Å²) in [7, 11) is 1.74. The number of rotatable bonds is 3. The molecule has 98 valence electrons. The molecule has 1 aliphatic heterocycles. The molecular weight excluding hydrogens is 224 g/mol. The lowest BCUT2D eigenvalue weighted by Crippen LogP contribution is -2.53. The summed E-state index contributed by atoms with van der Waals surface area (Å²) in [4.78, 5) is 26.1. The van der Waals surface area contributed by atoms with E-state index in [0.717, 1.165) is 6.42 Å². The number of nitrogens with zero attached hydrogens (tertiary/aromatic N) is 2. The highest BCUT2D eigenvalue weighted by Gasteiger charge is 2.31. The SMILES string of the molecule is CCC(C)N(C)C(=O)N1CCOC(C(=O)O)C1. The van der Waals surface area contributed by atoms with Gasteiger partial charge in [0.1, 0.15) is 0 Å². The van der Waals surface area contributed by atoms with Gasteiger partial charge < -0.3 is 19.6 Å². The predicted molar refractivity (Wildman–Crippen MR) is 61.9 cm³/mol. The van der Waals surface area contributed by atoms with Crippen LogP contribution in [-0.2, 0) is 9.53 Å². The molecule has 17 heavy (non-hydrogen) atoms. The molecule has 2 amide bonds. The van der Waals surface area contributed by atoms with Gasteiger partial charge in [-0.25, -0.2) is 9.59 Å². The van der Waals surface area contributed by atoms with Crippen LogP contribution in [0.5, 0.6) is 0 Å². The standard InChI is InChI=1S/C11H20N2O4/c1-4-8(2)12(3)11(16)13-5-6-17-9(7-13)10(14)15/h8-9H,4-7H2,1-3H3,(H,14,15). The summed E-state index contributed by atoms with van der Waals surface area (Å²) in [6.07, 6.45) is -0.0346. The first-order valence-electron chi connectivity index (χ1n) is 5.83. The number of carbonyl (C=O) groups is 2. The molecule has 0 aliphatic carbocycles. The van der Waals surface area contributed by atoms with E-state index < -0.39 is 12.1 Å². The van der Waals surface area contributed by atoms with E-state index in [-0.39, 0.29) is 25.2 Å². The number of amides is 2. The van der Waals surface area contributed by atoms with Crippen LogP contribution in [0.1, 0.15) is 20.3 Å². The molecule has 0 saturated carbocycles. The molecule has 2 atom stereocenters. The molecule has 1 aliphatic rings. The van der Waals surface area contributed by atoms with Gasteiger partial charge >= 0.3 is 12.0 Å². The summed E-state index contributed by atoms with van der Waals surface area (Å²) in [5.74, 6) is -1.02. The molecule has 0 radical (unpaired) electrons. The molecule has 2 unspecified atom stereocenters. The summed E-state index contributed by atoms with van der Waals surface area (Å²) in [6, 6.07) is 0.0162. The van der Waals surface area contributed by atoms with Crippen LogP contribution >= 0.6 is 0 Å². The van der Waals surface area contributed by atoms with Gasteiger partial charge in [0.05, 0.1) is 13.2 Å². The summed E-state index contributed by atoms with van der Waals surface area (Å²) in [6.45, 7) is 4.82. The van der Waals surface area contributed by atoms with Crippen molar-refractivity contribution in [3.63, 3.8) is 0 Å². The van der Waals surface area contributed by atoms with E-state index >= 15 is 0 Å². The van der Waals surface area contributed by atoms with Crippen LogP contribution in [0.3, 0.4) is 0 Å². The van der Waals surface area contributed by atoms with Gasteiger partial charge in [-0.1, -0.05) is 6.92 Å². The third-order valence-corrected chi connectivity index (χ3v) is 3.17. The van der Waals surface area contributed by atoms with Crippen LogP contribution in [0, 0.1) is 0 Å². The zero-order valence-electron chi connectivity index (χ0n) is 10.5. The van der Waals surface area contributed by atoms with E-state index in [0.29, 0.717) is 6.54 Å². The summed E-state index contributed by atoms with van der Waals surface area (Å²) < 4.78 is 5.07. The Bertz CT molecular complexity index is 295. The smallest absolute Gasteiger partial charge is 0.334 e. The van der Waals surface area contributed by atoms with E-state index in [1.807, 2.05) is 13.8 Å². The largest absolute Gasteiger partial charge is 0.479 e. The maximum atomic E-state index is 12.1. The third-order valence-electron chi connectivity index (χ3n) is 3.17. The van der Waals surface area contributed by atoms with Crippen molar-refractivity contribution < 1.29 is 19.4 Å². The fourth-order valence-corrected chi connectivity index (χ4v) is 1.66. The number of hydrogen-bond acceptors (Lipinski definition) is 3. The van der Waals surface area contributed by atoms with Gasteiger partial charge in [-0.05, 0) is 13.3 Å². The van der Waals surface area contributed by atoms with Crippen molar-refractivity contribution >= 4 is 12.0 Å². The average Bonchev–Trinajstić information content (AvgIpc) is 2.36. The zero-order chi connectivity index (χ0) is 13.0. The van der Waals surface area contributed by atoms with E-state index in [1.165, 1.54) is 4.90 Å². The van der Waals surface area contributed by atoms with Gasteiger partial charge in [-0.15, -0.1) is 0 Å². The molecule has 1 rings (SSSR count). The minimum absolute atomic E-state index is 0.120. The summed E-state index contributed by atoms with van der Waals surface area (Å²) in [5.41, 5.74) is 0. The Labute approximate surface area is 101 Å². The number of urea groups is 1. The Kier molecular flexibility index (Phi) is 4.74. The van der Waals surface area contributed by atoms with Crippen molar-refractivity contribution in [2.45, 2.75) is 32.4 Å². The monoisotopic (exact) mass is 244 g/mol. The van der Waals surface area contributed by atoms with Crippen LogP contribution in [0.15, 0.2) is 0 Å². The molecular formula is C11H20N2O4. The normalized spacial score (nSPS) is 22.1. The quantitative estimate of drug-likeness (QED) is 0.790. The van der Waals surface area contributed by atoms with Gasteiger partial charge in [0, 0.05) is 19.6 Å². The van der Waals surface area contributed by atoms with Gasteiger partial charge in [0.15, 0.2) is 6.10 Å². The Morgan fingerprint density at radius 3 is 2.76 bits per heavy atom. The first kappa shape index (κ1) is 13.8. The summed E-state index contributed by atoms with van der Waals surface area (Å²) >= 11 is 0. The second-order valence-corrected chi connectivity index (χ2v) is 4.29. The second-order valence-electron chi connectivity index (χ2n) is 4.29. The molecule has 1 fully saturated rings. The lowest BCUT2D eigenvalue weighted by molar-refractivity contribution is -0.154. The highest BCUT2D eigenvalue weighted by molar-refractivity contribution is 5.77. The van der Waals surface area contributed by atoms with Gasteiger partial charge in [0.2, 0.25) is 0 Å². The average molecular weight is 244 g/mol. The minimum Gasteiger partial charge on any atom is -0.479 e.